The summed E-state index contributed by atoms with van der Waals surface area (Å²) >= 11 is 0. The van der Waals surface area contributed by atoms with Gasteiger partial charge in [-0.15, -0.1) is 0 Å². The molecule has 0 saturated heterocycles. The van der Waals surface area contributed by atoms with Crippen LogP contribution in [0, 0.1) is 0 Å². The van der Waals surface area contributed by atoms with Gasteiger partial charge >= 0.3 is 5.97 Å². The number of rotatable bonds is 7. The van der Waals surface area contributed by atoms with Crippen molar-refractivity contribution in [3.63, 3.8) is 0 Å². The minimum absolute atomic E-state index is 0.283. The molecule has 154 valence electrons. The third kappa shape index (κ3) is 5.20. The highest BCUT2D eigenvalue weighted by Gasteiger charge is 2.24. The average molecular weight is 408 g/mol. The minimum atomic E-state index is -0.457. The van der Waals surface area contributed by atoms with Crippen molar-refractivity contribution in [2.45, 2.75) is 18.9 Å². The first-order valence-corrected chi connectivity index (χ1v) is 10.3. The zero-order chi connectivity index (χ0) is 21.5. The van der Waals surface area contributed by atoms with Crippen molar-refractivity contribution in [1.82, 2.24) is 0 Å². The average Bonchev–Trinajstić information content (AvgIpc) is 2.84. The number of ether oxygens (including phenoxy) is 2. The van der Waals surface area contributed by atoms with Crippen molar-refractivity contribution in [1.29, 1.82) is 0 Å². The molecule has 4 aromatic rings. The van der Waals surface area contributed by atoms with Gasteiger partial charge in [0, 0.05) is 0 Å². The van der Waals surface area contributed by atoms with E-state index in [0.29, 0.717) is 5.75 Å². The van der Waals surface area contributed by atoms with Crippen LogP contribution in [0.4, 0.5) is 0 Å². The van der Waals surface area contributed by atoms with E-state index in [0.717, 1.165) is 22.4 Å². The molecule has 4 aromatic carbocycles. The Kier molecular flexibility index (Phi) is 6.44. The van der Waals surface area contributed by atoms with Gasteiger partial charge < -0.3 is 9.47 Å². The lowest BCUT2D eigenvalue weighted by atomic mass is 9.99. The van der Waals surface area contributed by atoms with E-state index in [-0.39, 0.29) is 5.97 Å². The van der Waals surface area contributed by atoms with Crippen molar-refractivity contribution in [2.24, 2.45) is 0 Å². The number of carbonyl (C=O) groups is 1. The van der Waals surface area contributed by atoms with Crippen LogP contribution < -0.4 is 4.74 Å². The molecule has 0 radical (unpaired) electrons. The minimum Gasteiger partial charge on any atom is -0.457 e. The summed E-state index contributed by atoms with van der Waals surface area (Å²) < 4.78 is 11.9. The number of esters is 1. The van der Waals surface area contributed by atoms with E-state index in [1.165, 1.54) is 0 Å². The van der Waals surface area contributed by atoms with E-state index < -0.39 is 12.0 Å². The van der Waals surface area contributed by atoms with E-state index in [1.807, 2.05) is 122 Å². The maximum atomic E-state index is 13.1. The summed E-state index contributed by atoms with van der Waals surface area (Å²) in [6.07, 6.45) is -0.457. The number of hydrogen-bond donors (Lipinski definition) is 0. The third-order valence-electron chi connectivity index (χ3n) is 5.13. The Morgan fingerprint density at radius 3 is 1.68 bits per heavy atom. The molecule has 0 saturated carbocycles. The second-order valence-electron chi connectivity index (χ2n) is 7.35. The molecule has 31 heavy (non-hydrogen) atoms. The fraction of sp³-hybridized carbons (Fsp3) is 0.107. The van der Waals surface area contributed by atoms with Crippen LogP contribution >= 0.6 is 0 Å². The molecule has 4 rings (SSSR count). The second kappa shape index (κ2) is 9.77. The van der Waals surface area contributed by atoms with Gasteiger partial charge in [0.1, 0.15) is 11.5 Å². The molecule has 3 nitrogen and oxygen atoms in total. The van der Waals surface area contributed by atoms with Crippen LogP contribution in [0.3, 0.4) is 0 Å². The van der Waals surface area contributed by atoms with E-state index in [2.05, 4.69) is 0 Å². The molecule has 0 aliphatic heterocycles. The number of hydrogen-bond acceptors (Lipinski definition) is 3. The molecular formula is C28H24O3. The molecule has 0 spiro atoms. The molecule has 0 heterocycles. The highest BCUT2D eigenvalue weighted by molar-refractivity contribution is 5.78. The van der Waals surface area contributed by atoms with Gasteiger partial charge in [0.25, 0.3) is 0 Å². The highest BCUT2D eigenvalue weighted by atomic mass is 16.5. The molecule has 0 fully saturated rings. The SMILES string of the molecule is C[C@@H](C(=O)OC(c1ccccc1)c1ccccc1)c1cccc(Oc2ccccc2)c1. The predicted molar refractivity (Wildman–Crippen MR) is 122 cm³/mol. The van der Waals surface area contributed by atoms with E-state index in [4.69, 9.17) is 9.47 Å². The van der Waals surface area contributed by atoms with E-state index in [1.54, 1.807) is 0 Å². The standard InChI is InChI=1S/C28H24O3/c1-21(24-16-11-19-26(20-24)30-25-17-9-4-10-18-25)28(29)31-27(22-12-5-2-6-13-22)23-14-7-3-8-15-23/h2-21,27H,1H3/t21-/m1/s1. The second-order valence-corrected chi connectivity index (χ2v) is 7.35. The Balaban J connectivity index is 1.53. The Bertz CT molecular complexity index is 1070. The van der Waals surface area contributed by atoms with E-state index >= 15 is 0 Å². The van der Waals surface area contributed by atoms with Crippen LogP contribution in [-0.4, -0.2) is 5.97 Å². The maximum absolute atomic E-state index is 13.1. The normalized spacial score (nSPS) is 11.7. The molecule has 3 heteroatoms. The Labute approximate surface area is 182 Å². The van der Waals surface area contributed by atoms with Crippen LogP contribution in [0.5, 0.6) is 11.5 Å². The molecule has 0 aromatic heterocycles. The first-order chi connectivity index (χ1) is 15.2. The van der Waals surface area contributed by atoms with Crippen molar-refractivity contribution in [3.8, 4) is 11.5 Å². The fourth-order valence-electron chi connectivity index (χ4n) is 3.41. The van der Waals surface area contributed by atoms with Crippen LogP contribution in [0.15, 0.2) is 115 Å². The Morgan fingerprint density at radius 1 is 0.613 bits per heavy atom. The largest absolute Gasteiger partial charge is 0.457 e. The molecule has 0 aliphatic carbocycles. The van der Waals surface area contributed by atoms with Crippen LogP contribution in [0.2, 0.25) is 0 Å². The van der Waals surface area contributed by atoms with Gasteiger partial charge in [-0.1, -0.05) is 91.0 Å². The Morgan fingerprint density at radius 2 is 1.10 bits per heavy atom. The molecular weight excluding hydrogens is 384 g/mol. The summed E-state index contributed by atoms with van der Waals surface area (Å²) in [7, 11) is 0. The van der Waals surface area contributed by atoms with Gasteiger partial charge in [-0.25, -0.2) is 0 Å². The van der Waals surface area contributed by atoms with Crippen molar-refractivity contribution < 1.29 is 14.3 Å². The molecule has 0 unspecified atom stereocenters. The number of benzene rings is 4. The first kappa shape index (κ1) is 20.4. The van der Waals surface area contributed by atoms with Crippen LogP contribution in [0.25, 0.3) is 0 Å². The first-order valence-electron chi connectivity index (χ1n) is 10.3. The molecule has 0 N–H and O–H groups in total. The lowest BCUT2D eigenvalue weighted by molar-refractivity contribution is -0.149. The summed E-state index contributed by atoms with van der Waals surface area (Å²) in [5, 5.41) is 0. The zero-order valence-corrected chi connectivity index (χ0v) is 17.3. The number of para-hydroxylation sites is 1. The molecule has 0 bridgehead atoms. The van der Waals surface area contributed by atoms with Crippen molar-refractivity contribution in [2.75, 3.05) is 0 Å². The monoisotopic (exact) mass is 408 g/mol. The summed E-state index contributed by atoms with van der Waals surface area (Å²) in [6.45, 7) is 1.86. The van der Waals surface area contributed by atoms with Crippen molar-refractivity contribution >= 4 is 5.97 Å². The smallest absolute Gasteiger partial charge is 0.314 e. The molecule has 0 aliphatic rings. The lowest BCUT2D eigenvalue weighted by Gasteiger charge is -2.21. The van der Waals surface area contributed by atoms with E-state index in [9.17, 15) is 4.79 Å². The van der Waals surface area contributed by atoms with Gasteiger partial charge in [-0.3, -0.25) is 4.79 Å². The fourth-order valence-corrected chi connectivity index (χ4v) is 3.41. The quantitative estimate of drug-likeness (QED) is 0.312. The van der Waals surface area contributed by atoms with Gasteiger partial charge in [0.15, 0.2) is 6.10 Å². The van der Waals surface area contributed by atoms with Crippen LogP contribution in [-0.2, 0) is 9.53 Å². The Hall–Kier alpha value is -3.85. The number of carbonyl (C=O) groups excluding carboxylic acids is 1. The molecule has 1 atom stereocenters. The van der Waals surface area contributed by atoms with Gasteiger partial charge in [-0.05, 0) is 47.9 Å². The summed E-state index contributed by atoms with van der Waals surface area (Å²) in [4.78, 5) is 13.1. The highest BCUT2D eigenvalue weighted by Crippen LogP contribution is 2.30. The van der Waals surface area contributed by atoms with Gasteiger partial charge in [0.2, 0.25) is 0 Å². The third-order valence-corrected chi connectivity index (χ3v) is 5.13. The molecule has 0 amide bonds. The van der Waals surface area contributed by atoms with Crippen molar-refractivity contribution in [3.05, 3.63) is 132 Å². The van der Waals surface area contributed by atoms with Gasteiger partial charge in [-0.2, -0.15) is 0 Å². The predicted octanol–water partition coefficient (Wildman–Crippen LogP) is 6.92. The zero-order valence-electron chi connectivity index (χ0n) is 17.3. The maximum Gasteiger partial charge on any atom is 0.314 e. The lowest BCUT2D eigenvalue weighted by Crippen LogP contribution is -2.18. The van der Waals surface area contributed by atoms with Crippen LogP contribution in [0.1, 0.15) is 35.6 Å². The van der Waals surface area contributed by atoms with Gasteiger partial charge in [0.05, 0.1) is 5.92 Å². The summed E-state index contributed by atoms with van der Waals surface area (Å²) in [5.74, 6) is 0.720. The topological polar surface area (TPSA) is 35.5 Å². The summed E-state index contributed by atoms with van der Waals surface area (Å²) in [5.41, 5.74) is 2.73. The summed E-state index contributed by atoms with van der Waals surface area (Å²) in [6, 6.07) is 36.8.